The second kappa shape index (κ2) is 5.73. The van der Waals surface area contributed by atoms with E-state index in [0.29, 0.717) is 19.6 Å². The quantitative estimate of drug-likeness (QED) is 0.612. The van der Waals surface area contributed by atoms with Crippen molar-refractivity contribution in [1.82, 2.24) is 4.72 Å². The summed E-state index contributed by atoms with van der Waals surface area (Å²) in [7, 11) is -2.23. The van der Waals surface area contributed by atoms with Crippen LogP contribution in [-0.4, -0.2) is 39.6 Å². The van der Waals surface area contributed by atoms with Gasteiger partial charge in [0, 0.05) is 31.8 Å². The van der Waals surface area contributed by atoms with Gasteiger partial charge >= 0.3 is 0 Å². The van der Waals surface area contributed by atoms with Crippen LogP contribution < -0.4 is 10.0 Å². The maximum Gasteiger partial charge on any atom is 0.271 e. The fourth-order valence-electron chi connectivity index (χ4n) is 1.97. The highest BCUT2D eigenvalue weighted by Gasteiger charge is 2.26. The molecule has 1 aliphatic heterocycles. The number of anilines is 1. The number of nitrogens with zero attached hydrogens (tertiary/aromatic N) is 1. The summed E-state index contributed by atoms with van der Waals surface area (Å²) in [5.74, 6) is 0. The second-order valence-corrected chi connectivity index (χ2v) is 6.05. The van der Waals surface area contributed by atoms with E-state index in [-0.39, 0.29) is 22.3 Å². The first-order valence-corrected chi connectivity index (χ1v) is 7.48. The van der Waals surface area contributed by atoms with Crippen LogP contribution in [0.1, 0.15) is 6.42 Å². The number of sulfonamides is 1. The van der Waals surface area contributed by atoms with Crippen LogP contribution in [0.3, 0.4) is 0 Å². The summed E-state index contributed by atoms with van der Waals surface area (Å²) in [4.78, 5) is 10.1. The van der Waals surface area contributed by atoms with Gasteiger partial charge in [0.15, 0.2) is 0 Å². The molecule has 1 aromatic rings. The third-order valence-electron chi connectivity index (χ3n) is 2.98. The maximum absolute atomic E-state index is 12.3. The van der Waals surface area contributed by atoms with Gasteiger partial charge in [-0.1, -0.05) is 0 Å². The van der Waals surface area contributed by atoms with E-state index in [0.717, 1.165) is 0 Å². The Hall–Kier alpha value is -1.71. The number of hydrogen-bond donors (Lipinski definition) is 2. The smallest absolute Gasteiger partial charge is 0.271 e. The zero-order valence-corrected chi connectivity index (χ0v) is 11.6. The predicted octanol–water partition coefficient (Wildman–Crippen LogP) is 0.704. The molecule has 0 spiro atoms. The van der Waals surface area contributed by atoms with Gasteiger partial charge in [0.2, 0.25) is 10.0 Å². The van der Waals surface area contributed by atoms with Crippen molar-refractivity contribution in [3.63, 3.8) is 0 Å². The molecule has 1 aliphatic rings. The van der Waals surface area contributed by atoms with Crippen LogP contribution in [0.2, 0.25) is 0 Å². The van der Waals surface area contributed by atoms with Crippen molar-refractivity contribution in [3.05, 3.63) is 28.3 Å². The lowest BCUT2D eigenvalue weighted by Crippen LogP contribution is -2.35. The fraction of sp³-hybridized carbons (Fsp3) is 0.455. The molecule has 9 heteroatoms. The molecule has 2 N–H and O–H groups in total. The predicted molar refractivity (Wildman–Crippen MR) is 72.2 cm³/mol. The van der Waals surface area contributed by atoms with Crippen LogP contribution in [0, 0.1) is 10.1 Å². The SMILES string of the molecule is CNc1cc([N+](=O)[O-])ccc1S(=O)(=O)NC1CCOC1. The van der Waals surface area contributed by atoms with Crippen LogP contribution >= 0.6 is 0 Å². The van der Waals surface area contributed by atoms with Gasteiger partial charge in [-0.05, 0) is 12.5 Å². The zero-order chi connectivity index (χ0) is 14.8. The maximum atomic E-state index is 12.3. The zero-order valence-electron chi connectivity index (χ0n) is 10.8. The van der Waals surface area contributed by atoms with Gasteiger partial charge in [-0.2, -0.15) is 0 Å². The lowest BCUT2D eigenvalue weighted by atomic mass is 10.3. The Bertz CT molecular complexity index is 610. The monoisotopic (exact) mass is 301 g/mol. The summed E-state index contributed by atoms with van der Waals surface area (Å²) < 4.78 is 32.2. The molecule has 0 aliphatic carbocycles. The van der Waals surface area contributed by atoms with Crippen molar-refractivity contribution in [1.29, 1.82) is 0 Å². The molecule has 20 heavy (non-hydrogen) atoms. The van der Waals surface area contributed by atoms with Crippen LogP contribution in [0.25, 0.3) is 0 Å². The molecule has 1 atom stereocenters. The summed E-state index contributed by atoms with van der Waals surface area (Å²) >= 11 is 0. The van der Waals surface area contributed by atoms with Crippen molar-refractivity contribution >= 4 is 21.4 Å². The molecule has 1 unspecified atom stereocenters. The lowest BCUT2D eigenvalue weighted by Gasteiger charge is -2.14. The number of nitrogens with one attached hydrogen (secondary N) is 2. The van der Waals surface area contributed by atoms with E-state index in [9.17, 15) is 18.5 Å². The third-order valence-corrected chi connectivity index (χ3v) is 4.56. The molecule has 1 saturated heterocycles. The average Bonchev–Trinajstić information content (AvgIpc) is 2.89. The Morgan fingerprint density at radius 3 is 2.75 bits per heavy atom. The molecule has 0 radical (unpaired) electrons. The molecule has 1 aromatic carbocycles. The van der Waals surface area contributed by atoms with E-state index >= 15 is 0 Å². The van der Waals surface area contributed by atoms with Crippen molar-refractivity contribution < 1.29 is 18.1 Å². The van der Waals surface area contributed by atoms with Gasteiger partial charge in [-0.3, -0.25) is 10.1 Å². The number of nitro benzene ring substituents is 1. The van der Waals surface area contributed by atoms with E-state index in [1.54, 1.807) is 0 Å². The number of hydrogen-bond acceptors (Lipinski definition) is 6. The summed E-state index contributed by atoms with van der Waals surface area (Å²) in [6.07, 6.45) is 0.612. The summed E-state index contributed by atoms with van der Waals surface area (Å²) in [6, 6.07) is 3.32. The number of rotatable bonds is 5. The van der Waals surface area contributed by atoms with Gasteiger partial charge in [-0.25, -0.2) is 13.1 Å². The molecule has 0 amide bonds. The van der Waals surface area contributed by atoms with Crippen LogP contribution in [0.15, 0.2) is 23.1 Å². The molecule has 8 nitrogen and oxygen atoms in total. The molecule has 0 aromatic heterocycles. The Kier molecular flexibility index (Phi) is 4.21. The van der Waals surface area contributed by atoms with E-state index < -0.39 is 14.9 Å². The molecule has 0 saturated carbocycles. The summed E-state index contributed by atoms with van der Waals surface area (Å²) in [5.41, 5.74) is 0.0168. The van der Waals surface area contributed by atoms with Crippen LogP contribution in [-0.2, 0) is 14.8 Å². The lowest BCUT2D eigenvalue weighted by molar-refractivity contribution is -0.384. The summed E-state index contributed by atoms with van der Waals surface area (Å²) in [5, 5.41) is 13.4. The Morgan fingerprint density at radius 1 is 1.45 bits per heavy atom. The summed E-state index contributed by atoms with van der Waals surface area (Å²) in [6.45, 7) is 0.855. The van der Waals surface area contributed by atoms with Gasteiger partial charge in [-0.15, -0.1) is 0 Å². The fourth-order valence-corrected chi connectivity index (χ4v) is 3.42. The molecule has 1 fully saturated rings. The standard InChI is InChI=1S/C11H15N3O5S/c1-12-10-6-9(14(15)16)2-3-11(10)20(17,18)13-8-4-5-19-7-8/h2-3,6,8,12-13H,4-5,7H2,1H3. The number of benzene rings is 1. The molecular weight excluding hydrogens is 286 g/mol. The topological polar surface area (TPSA) is 111 Å². The molecule has 2 rings (SSSR count). The minimum atomic E-state index is -3.74. The Labute approximate surface area is 116 Å². The average molecular weight is 301 g/mol. The normalized spacial score (nSPS) is 18.9. The van der Waals surface area contributed by atoms with Crippen LogP contribution in [0.5, 0.6) is 0 Å². The molecule has 110 valence electrons. The minimum Gasteiger partial charge on any atom is -0.387 e. The van der Waals surface area contributed by atoms with Gasteiger partial charge < -0.3 is 10.1 Å². The highest BCUT2D eigenvalue weighted by molar-refractivity contribution is 7.89. The van der Waals surface area contributed by atoms with Crippen molar-refractivity contribution in [2.24, 2.45) is 0 Å². The van der Waals surface area contributed by atoms with Crippen molar-refractivity contribution in [2.75, 3.05) is 25.6 Å². The first-order valence-electron chi connectivity index (χ1n) is 6.00. The Morgan fingerprint density at radius 2 is 2.20 bits per heavy atom. The van der Waals surface area contributed by atoms with Crippen LogP contribution in [0.4, 0.5) is 11.4 Å². The minimum absolute atomic E-state index is 0.0162. The first-order chi connectivity index (χ1) is 9.44. The van der Waals surface area contributed by atoms with Crippen molar-refractivity contribution in [3.8, 4) is 0 Å². The third kappa shape index (κ3) is 3.06. The molecule has 1 heterocycles. The van der Waals surface area contributed by atoms with Gasteiger partial charge in [0.25, 0.3) is 5.69 Å². The second-order valence-electron chi connectivity index (χ2n) is 4.37. The number of ether oxygens (including phenoxy) is 1. The first kappa shape index (κ1) is 14.7. The highest BCUT2D eigenvalue weighted by Crippen LogP contribution is 2.26. The number of non-ortho nitro benzene ring substituents is 1. The van der Waals surface area contributed by atoms with Crippen molar-refractivity contribution in [2.45, 2.75) is 17.4 Å². The van der Waals surface area contributed by atoms with E-state index in [1.165, 1.54) is 25.2 Å². The van der Waals surface area contributed by atoms with E-state index in [2.05, 4.69) is 10.0 Å². The molecular formula is C11H15N3O5S. The molecule has 0 bridgehead atoms. The largest absolute Gasteiger partial charge is 0.387 e. The van der Waals surface area contributed by atoms with E-state index in [4.69, 9.17) is 4.74 Å². The van der Waals surface area contributed by atoms with Gasteiger partial charge in [0.05, 0.1) is 17.2 Å². The Balaban J connectivity index is 2.32. The highest BCUT2D eigenvalue weighted by atomic mass is 32.2. The number of nitro groups is 1. The van der Waals surface area contributed by atoms with Gasteiger partial charge in [0.1, 0.15) is 4.90 Å². The van der Waals surface area contributed by atoms with E-state index in [1.807, 2.05) is 0 Å².